The number of ketones is 1. The van der Waals surface area contributed by atoms with Gasteiger partial charge < -0.3 is 0 Å². The Morgan fingerprint density at radius 1 is 1.28 bits per heavy atom. The maximum atomic E-state index is 12.0. The lowest BCUT2D eigenvalue weighted by Crippen LogP contribution is -2.21. The third-order valence-electron chi connectivity index (χ3n) is 3.41. The summed E-state index contributed by atoms with van der Waals surface area (Å²) in [5, 5.41) is 1.22. The predicted octanol–water partition coefficient (Wildman–Crippen LogP) is 5.18. The molecule has 0 amide bonds. The predicted molar refractivity (Wildman–Crippen MR) is 78.4 cm³/mol. The van der Waals surface area contributed by atoms with Crippen molar-refractivity contribution < 1.29 is 4.79 Å². The van der Waals surface area contributed by atoms with Crippen molar-refractivity contribution in [2.75, 3.05) is 0 Å². The van der Waals surface area contributed by atoms with Gasteiger partial charge in [0.25, 0.3) is 0 Å². The SMILES string of the molecule is CC(CC(=O)Cc1cc(Cl)ccc1Cl)C(C)(C)C. The smallest absolute Gasteiger partial charge is 0.137 e. The normalized spacial score (nSPS) is 13.4. The van der Waals surface area contributed by atoms with Crippen LogP contribution in [-0.4, -0.2) is 5.78 Å². The van der Waals surface area contributed by atoms with E-state index in [9.17, 15) is 4.79 Å². The molecule has 1 rings (SSSR count). The summed E-state index contributed by atoms with van der Waals surface area (Å²) in [6.07, 6.45) is 0.937. The number of carbonyl (C=O) groups excluding carboxylic acids is 1. The largest absolute Gasteiger partial charge is 0.299 e. The third kappa shape index (κ3) is 4.62. The number of halogens is 2. The van der Waals surface area contributed by atoms with Crippen molar-refractivity contribution in [3.63, 3.8) is 0 Å². The summed E-state index contributed by atoms with van der Waals surface area (Å²) >= 11 is 12.0. The zero-order valence-electron chi connectivity index (χ0n) is 11.4. The molecule has 3 heteroatoms. The second kappa shape index (κ2) is 6.08. The molecule has 1 aromatic rings. The Hall–Kier alpha value is -0.530. The van der Waals surface area contributed by atoms with Gasteiger partial charge in [-0.3, -0.25) is 4.79 Å². The van der Waals surface area contributed by atoms with Crippen molar-refractivity contribution in [3.05, 3.63) is 33.8 Å². The van der Waals surface area contributed by atoms with Crippen LogP contribution in [0.3, 0.4) is 0 Å². The van der Waals surface area contributed by atoms with Crippen molar-refractivity contribution in [1.82, 2.24) is 0 Å². The van der Waals surface area contributed by atoms with Gasteiger partial charge in [-0.2, -0.15) is 0 Å². The van der Waals surface area contributed by atoms with Crippen LogP contribution in [0.15, 0.2) is 18.2 Å². The van der Waals surface area contributed by atoms with E-state index in [1.165, 1.54) is 0 Å². The van der Waals surface area contributed by atoms with E-state index in [-0.39, 0.29) is 11.2 Å². The lowest BCUT2D eigenvalue weighted by Gasteiger charge is -2.26. The fourth-order valence-corrected chi connectivity index (χ4v) is 1.99. The molecule has 0 N–H and O–H groups in total. The van der Waals surface area contributed by atoms with E-state index >= 15 is 0 Å². The van der Waals surface area contributed by atoms with Gasteiger partial charge >= 0.3 is 0 Å². The lowest BCUT2D eigenvalue weighted by atomic mass is 9.79. The number of hydrogen-bond donors (Lipinski definition) is 0. The number of Topliss-reactive ketones (excluding diaryl/α,β-unsaturated/α-hetero) is 1. The van der Waals surface area contributed by atoms with Crippen molar-refractivity contribution in [1.29, 1.82) is 0 Å². The standard InChI is InChI=1S/C15H20Cl2O/c1-10(15(2,3)4)7-13(18)9-11-8-12(16)5-6-14(11)17/h5-6,8,10H,7,9H2,1-4H3. The number of rotatable bonds is 4. The molecule has 0 saturated heterocycles. The Morgan fingerprint density at radius 3 is 2.44 bits per heavy atom. The fraction of sp³-hybridized carbons (Fsp3) is 0.533. The van der Waals surface area contributed by atoms with Gasteiger partial charge in [-0.05, 0) is 35.1 Å². The molecule has 0 aliphatic carbocycles. The minimum absolute atomic E-state index is 0.147. The van der Waals surface area contributed by atoms with Gasteiger partial charge in [-0.1, -0.05) is 50.9 Å². The molecule has 0 aliphatic rings. The average molecular weight is 287 g/mol. The lowest BCUT2D eigenvalue weighted by molar-refractivity contribution is -0.120. The van der Waals surface area contributed by atoms with Crippen LogP contribution in [0.1, 0.15) is 39.7 Å². The van der Waals surface area contributed by atoms with Gasteiger partial charge in [-0.15, -0.1) is 0 Å². The molecule has 0 heterocycles. The topological polar surface area (TPSA) is 17.1 Å². The molecule has 1 aromatic carbocycles. The van der Waals surface area contributed by atoms with Gasteiger partial charge in [0.05, 0.1) is 0 Å². The molecule has 0 aromatic heterocycles. The Balaban J connectivity index is 2.68. The highest BCUT2D eigenvalue weighted by atomic mass is 35.5. The summed E-state index contributed by atoms with van der Waals surface area (Å²) in [4.78, 5) is 12.0. The Labute approximate surface area is 119 Å². The molecule has 0 radical (unpaired) electrons. The van der Waals surface area contributed by atoms with Crippen LogP contribution < -0.4 is 0 Å². The highest BCUT2D eigenvalue weighted by molar-refractivity contribution is 6.33. The van der Waals surface area contributed by atoms with Gasteiger partial charge in [0.2, 0.25) is 0 Å². The quantitative estimate of drug-likeness (QED) is 0.746. The molecule has 0 saturated carbocycles. The van der Waals surface area contributed by atoms with Gasteiger partial charge in [0.1, 0.15) is 5.78 Å². The molecule has 0 spiro atoms. The van der Waals surface area contributed by atoms with Crippen LogP contribution in [0.25, 0.3) is 0 Å². The Kier molecular flexibility index (Phi) is 5.24. The molecule has 18 heavy (non-hydrogen) atoms. The summed E-state index contributed by atoms with van der Waals surface area (Å²) in [6, 6.07) is 5.23. The van der Waals surface area contributed by atoms with E-state index in [2.05, 4.69) is 27.7 Å². The van der Waals surface area contributed by atoms with E-state index in [4.69, 9.17) is 23.2 Å². The molecule has 1 unspecified atom stereocenters. The van der Waals surface area contributed by atoms with Crippen molar-refractivity contribution in [2.24, 2.45) is 11.3 Å². The number of benzene rings is 1. The summed E-state index contributed by atoms with van der Waals surface area (Å²) in [5.74, 6) is 0.560. The zero-order chi connectivity index (χ0) is 13.9. The highest BCUT2D eigenvalue weighted by Gasteiger charge is 2.22. The van der Waals surface area contributed by atoms with Crippen LogP contribution in [0.5, 0.6) is 0 Å². The van der Waals surface area contributed by atoms with E-state index in [1.807, 2.05) is 0 Å². The monoisotopic (exact) mass is 286 g/mol. The molecular weight excluding hydrogens is 267 g/mol. The first-order valence-electron chi connectivity index (χ1n) is 6.16. The fourth-order valence-electron chi connectivity index (χ4n) is 1.61. The van der Waals surface area contributed by atoms with Gasteiger partial charge in [-0.25, -0.2) is 0 Å². The number of hydrogen-bond acceptors (Lipinski definition) is 1. The van der Waals surface area contributed by atoms with Crippen molar-refractivity contribution in [3.8, 4) is 0 Å². The minimum atomic E-state index is 0.147. The second-order valence-corrected chi connectivity index (χ2v) is 6.77. The van der Waals surface area contributed by atoms with E-state index in [1.54, 1.807) is 18.2 Å². The van der Waals surface area contributed by atoms with Crippen LogP contribution in [0.4, 0.5) is 0 Å². The molecule has 0 aliphatic heterocycles. The molecule has 1 nitrogen and oxygen atoms in total. The Morgan fingerprint density at radius 2 is 1.89 bits per heavy atom. The van der Waals surface area contributed by atoms with Crippen LogP contribution >= 0.6 is 23.2 Å². The summed E-state index contributed by atoms with van der Waals surface area (Å²) in [5.41, 5.74) is 0.962. The van der Waals surface area contributed by atoms with Crippen LogP contribution in [0.2, 0.25) is 10.0 Å². The van der Waals surface area contributed by atoms with Gasteiger partial charge in [0, 0.05) is 22.9 Å². The first-order chi connectivity index (χ1) is 8.20. The second-order valence-electron chi connectivity index (χ2n) is 5.92. The first kappa shape index (κ1) is 15.5. The van der Waals surface area contributed by atoms with Crippen LogP contribution in [-0.2, 0) is 11.2 Å². The molecule has 0 bridgehead atoms. The number of carbonyl (C=O) groups is 1. The van der Waals surface area contributed by atoms with Crippen LogP contribution in [0, 0.1) is 11.3 Å². The average Bonchev–Trinajstić information content (AvgIpc) is 2.22. The maximum Gasteiger partial charge on any atom is 0.137 e. The summed E-state index contributed by atoms with van der Waals surface area (Å²) in [7, 11) is 0. The zero-order valence-corrected chi connectivity index (χ0v) is 12.9. The van der Waals surface area contributed by atoms with Crippen molar-refractivity contribution >= 4 is 29.0 Å². The van der Waals surface area contributed by atoms with Gasteiger partial charge in [0.15, 0.2) is 0 Å². The molecule has 0 fully saturated rings. The first-order valence-corrected chi connectivity index (χ1v) is 6.91. The minimum Gasteiger partial charge on any atom is -0.299 e. The molecular formula is C15H20Cl2O. The van der Waals surface area contributed by atoms with E-state index in [0.29, 0.717) is 28.8 Å². The highest BCUT2D eigenvalue weighted by Crippen LogP contribution is 2.29. The van der Waals surface area contributed by atoms with Crippen molar-refractivity contribution in [2.45, 2.75) is 40.5 Å². The molecule has 1 atom stereocenters. The maximum absolute atomic E-state index is 12.0. The Bertz CT molecular complexity index is 433. The summed E-state index contributed by atoms with van der Waals surface area (Å²) < 4.78 is 0. The summed E-state index contributed by atoms with van der Waals surface area (Å²) in [6.45, 7) is 8.56. The molecule has 100 valence electrons. The third-order valence-corrected chi connectivity index (χ3v) is 4.01. The van der Waals surface area contributed by atoms with E-state index < -0.39 is 0 Å². The van der Waals surface area contributed by atoms with E-state index in [0.717, 1.165) is 5.56 Å².